The lowest BCUT2D eigenvalue weighted by molar-refractivity contribution is 0.0697. The second kappa shape index (κ2) is 4.16. The molecule has 0 fully saturated rings. The number of fused-ring (bicyclic) bond motifs is 1. The molecule has 0 aliphatic carbocycles. The maximum absolute atomic E-state index is 11.9. The number of aromatic nitrogens is 2. The van der Waals surface area contributed by atoms with E-state index in [-0.39, 0.29) is 17.8 Å². The molecule has 0 bridgehead atoms. The lowest BCUT2D eigenvalue weighted by Gasteiger charge is -2.01. The summed E-state index contributed by atoms with van der Waals surface area (Å²) in [7, 11) is 0. The Morgan fingerprint density at radius 2 is 2.21 bits per heavy atom. The number of imidazole rings is 1. The molecular formula is C13H10N2O4. The van der Waals surface area contributed by atoms with E-state index in [1.807, 2.05) is 0 Å². The fourth-order valence-corrected chi connectivity index (χ4v) is 2.00. The van der Waals surface area contributed by atoms with Crippen LogP contribution in [0.5, 0.6) is 0 Å². The number of carboxylic acid groups (broad SMARTS) is 1. The van der Waals surface area contributed by atoms with Crippen LogP contribution >= 0.6 is 0 Å². The minimum atomic E-state index is -1.03. The molecule has 2 N–H and O–H groups in total. The van der Waals surface area contributed by atoms with Crippen molar-refractivity contribution in [3.63, 3.8) is 0 Å². The van der Waals surface area contributed by atoms with E-state index in [1.165, 1.54) is 23.0 Å². The van der Waals surface area contributed by atoms with Gasteiger partial charge in [0.15, 0.2) is 0 Å². The van der Waals surface area contributed by atoms with Crippen LogP contribution < -0.4 is 5.69 Å². The summed E-state index contributed by atoms with van der Waals surface area (Å²) in [6.07, 6.45) is 1.53. The number of benzene rings is 1. The number of furan rings is 1. The Morgan fingerprint density at radius 3 is 2.89 bits per heavy atom. The first kappa shape index (κ1) is 11.3. The summed E-state index contributed by atoms with van der Waals surface area (Å²) in [4.78, 5) is 25.5. The number of H-pyrrole nitrogens is 1. The highest BCUT2D eigenvalue weighted by atomic mass is 16.4. The summed E-state index contributed by atoms with van der Waals surface area (Å²) < 4.78 is 6.64. The van der Waals surface area contributed by atoms with Crippen molar-refractivity contribution >= 4 is 17.0 Å². The molecule has 3 rings (SSSR count). The van der Waals surface area contributed by atoms with Crippen LogP contribution in [-0.4, -0.2) is 20.6 Å². The molecule has 0 aliphatic heterocycles. The van der Waals surface area contributed by atoms with Gasteiger partial charge in [-0.15, -0.1) is 0 Å². The Hall–Kier alpha value is -2.76. The lowest BCUT2D eigenvalue weighted by Crippen LogP contribution is -2.17. The van der Waals surface area contributed by atoms with E-state index >= 15 is 0 Å². The molecule has 0 amide bonds. The Balaban J connectivity index is 2.16. The van der Waals surface area contributed by atoms with Gasteiger partial charge in [0, 0.05) is 0 Å². The third kappa shape index (κ3) is 1.93. The normalized spacial score (nSPS) is 10.9. The van der Waals surface area contributed by atoms with Gasteiger partial charge in [0.05, 0.1) is 29.4 Å². The fourth-order valence-electron chi connectivity index (χ4n) is 2.00. The van der Waals surface area contributed by atoms with Gasteiger partial charge in [-0.1, -0.05) is 0 Å². The van der Waals surface area contributed by atoms with E-state index in [4.69, 9.17) is 9.52 Å². The topological polar surface area (TPSA) is 88.2 Å². The molecule has 96 valence electrons. The average Bonchev–Trinajstić information content (AvgIpc) is 2.98. The zero-order valence-corrected chi connectivity index (χ0v) is 9.79. The summed E-state index contributed by atoms with van der Waals surface area (Å²) in [5.41, 5.74) is 0.983. The van der Waals surface area contributed by atoms with Gasteiger partial charge in [0.1, 0.15) is 5.76 Å². The molecule has 3 aromatic rings. The highest BCUT2D eigenvalue weighted by molar-refractivity contribution is 5.92. The summed E-state index contributed by atoms with van der Waals surface area (Å²) in [5.74, 6) is -0.399. The van der Waals surface area contributed by atoms with Gasteiger partial charge in [0.2, 0.25) is 0 Å². The second-order valence-electron chi connectivity index (χ2n) is 4.13. The van der Waals surface area contributed by atoms with E-state index in [9.17, 15) is 9.59 Å². The molecule has 0 spiro atoms. The summed E-state index contributed by atoms with van der Waals surface area (Å²) in [5, 5.41) is 8.98. The number of carbonyl (C=O) groups is 1. The number of aromatic amines is 1. The van der Waals surface area contributed by atoms with Crippen LogP contribution in [-0.2, 0) is 6.54 Å². The van der Waals surface area contributed by atoms with Crippen molar-refractivity contribution in [3.8, 4) is 0 Å². The largest absolute Gasteiger partial charge is 0.478 e. The maximum Gasteiger partial charge on any atom is 0.335 e. The Labute approximate surface area is 106 Å². The molecule has 1 aromatic carbocycles. The number of hydrogen-bond acceptors (Lipinski definition) is 3. The molecule has 2 heterocycles. The molecule has 0 aliphatic rings. The van der Waals surface area contributed by atoms with Crippen LogP contribution in [0.3, 0.4) is 0 Å². The standard InChI is InChI=1S/C13H10N2O4/c16-12(17)8-3-4-10-11(6-8)15(13(18)14-10)7-9-2-1-5-19-9/h1-6H,7H2,(H,14,18)(H,16,17). The molecule has 0 atom stereocenters. The van der Waals surface area contributed by atoms with Crippen LogP contribution in [0.1, 0.15) is 16.1 Å². The highest BCUT2D eigenvalue weighted by Crippen LogP contribution is 2.14. The van der Waals surface area contributed by atoms with E-state index in [0.29, 0.717) is 16.8 Å². The smallest absolute Gasteiger partial charge is 0.335 e. The SMILES string of the molecule is O=C(O)c1ccc2[nH]c(=O)n(Cc3ccco3)c2c1. The second-order valence-corrected chi connectivity index (χ2v) is 4.13. The third-order valence-electron chi connectivity index (χ3n) is 2.92. The molecule has 0 radical (unpaired) electrons. The Kier molecular flexibility index (Phi) is 2.49. The zero-order chi connectivity index (χ0) is 13.4. The van der Waals surface area contributed by atoms with Crippen molar-refractivity contribution in [2.45, 2.75) is 6.54 Å². The van der Waals surface area contributed by atoms with Gasteiger partial charge >= 0.3 is 11.7 Å². The number of nitrogens with one attached hydrogen (secondary N) is 1. The number of carboxylic acids is 1. The quantitative estimate of drug-likeness (QED) is 0.747. The molecule has 0 unspecified atom stereocenters. The minimum Gasteiger partial charge on any atom is -0.478 e. The van der Waals surface area contributed by atoms with Crippen molar-refractivity contribution < 1.29 is 14.3 Å². The molecule has 6 heteroatoms. The van der Waals surface area contributed by atoms with Crippen LogP contribution in [0.4, 0.5) is 0 Å². The van der Waals surface area contributed by atoms with Crippen molar-refractivity contribution in [2.75, 3.05) is 0 Å². The van der Waals surface area contributed by atoms with Gasteiger partial charge in [0.25, 0.3) is 0 Å². The van der Waals surface area contributed by atoms with Crippen molar-refractivity contribution in [2.24, 2.45) is 0 Å². The van der Waals surface area contributed by atoms with Gasteiger partial charge in [-0.3, -0.25) is 4.57 Å². The first-order valence-electron chi connectivity index (χ1n) is 5.63. The number of aromatic carboxylic acids is 1. The summed E-state index contributed by atoms with van der Waals surface area (Å²) in [6.45, 7) is 0.259. The van der Waals surface area contributed by atoms with E-state index < -0.39 is 5.97 Å². The predicted molar refractivity (Wildman–Crippen MR) is 67.3 cm³/mol. The molecule has 0 saturated heterocycles. The molecule has 19 heavy (non-hydrogen) atoms. The van der Waals surface area contributed by atoms with Gasteiger partial charge in [-0.2, -0.15) is 0 Å². The summed E-state index contributed by atoms with van der Waals surface area (Å²) in [6, 6.07) is 8.00. The first-order valence-corrected chi connectivity index (χ1v) is 5.63. The van der Waals surface area contributed by atoms with Gasteiger partial charge in [-0.25, -0.2) is 9.59 Å². The number of rotatable bonds is 3. The number of nitrogens with zero attached hydrogens (tertiary/aromatic N) is 1. The zero-order valence-electron chi connectivity index (χ0n) is 9.79. The average molecular weight is 258 g/mol. The monoisotopic (exact) mass is 258 g/mol. The highest BCUT2D eigenvalue weighted by Gasteiger charge is 2.11. The Bertz CT molecular complexity index is 796. The Morgan fingerprint density at radius 1 is 1.37 bits per heavy atom. The van der Waals surface area contributed by atoms with E-state index in [0.717, 1.165) is 0 Å². The first-order chi connectivity index (χ1) is 9.15. The predicted octanol–water partition coefficient (Wildman–Crippen LogP) is 1.67. The number of hydrogen-bond donors (Lipinski definition) is 2. The van der Waals surface area contributed by atoms with E-state index in [2.05, 4.69) is 4.98 Å². The molecule has 2 aromatic heterocycles. The maximum atomic E-state index is 11.9. The third-order valence-corrected chi connectivity index (χ3v) is 2.92. The lowest BCUT2D eigenvalue weighted by atomic mass is 10.2. The van der Waals surface area contributed by atoms with Crippen LogP contribution in [0.25, 0.3) is 11.0 Å². The van der Waals surface area contributed by atoms with Crippen LogP contribution in [0.15, 0.2) is 45.8 Å². The molecular weight excluding hydrogens is 248 g/mol. The van der Waals surface area contributed by atoms with Crippen molar-refractivity contribution in [3.05, 3.63) is 58.4 Å². The fraction of sp³-hybridized carbons (Fsp3) is 0.0769. The summed E-state index contributed by atoms with van der Waals surface area (Å²) >= 11 is 0. The van der Waals surface area contributed by atoms with E-state index in [1.54, 1.807) is 18.2 Å². The van der Waals surface area contributed by atoms with Crippen molar-refractivity contribution in [1.82, 2.24) is 9.55 Å². The van der Waals surface area contributed by atoms with Crippen LogP contribution in [0, 0.1) is 0 Å². The van der Waals surface area contributed by atoms with Gasteiger partial charge < -0.3 is 14.5 Å². The molecule has 6 nitrogen and oxygen atoms in total. The van der Waals surface area contributed by atoms with Gasteiger partial charge in [-0.05, 0) is 30.3 Å². The minimum absolute atomic E-state index is 0.139. The van der Waals surface area contributed by atoms with Crippen molar-refractivity contribution in [1.29, 1.82) is 0 Å². The molecule has 0 saturated carbocycles. The van der Waals surface area contributed by atoms with Crippen LogP contribution in [0.2, 0.25) is 0 Å².